The second-order valence-corrected chi connectivity index (χ2v) is 9.76. The number of hydrogen-bond acceptors (Lipinski definition) is 9. The van der Waals surface area contributed by atoms with Crippen LogP contribution in [0, 0.1) is 0 Å². The Kier molecular flexibility index (Phi) is 6.70. The Labute approximate surface area is 193 Å². The minimum atomic E-state index is -0.710. The number of carbonyl (C=O) groups excluding carboxylic acids is 3. The van der Waals surface area contributed by atoms with Crippen molar-refractivity contribution >= 4 is 52.4 Å². The second-order valence-electron chi connectivity index (χ2n) is 7.44. The number of fused-ring (bicyclic) bond motifs is 1. The number of aliphatic imine (C=N–C) groups is 1. The number of rotatable bonds is 8. The van der Waals surface area contributed by atoms with Crippen molar-refractivity contribution in [3.05, 3.63) is 35.9 Å². The van der Waals surface area contributed by atoms with Gasteiger partial charge in [-0.3, -0.25) is 19.8 Å². The molecule has 4 rings (SSSR count). The van der Waals surface area contributed by atoms with Crippen LogP contribution in [0.5, 0.6) is 0 Å². The van der Waals surface area contributed by atoms with Gasteiger partial charge in [0.2, 0.25) is 11.0 Å². The summed E-state index contributed by atoms with van der Waals surface area (Å²) < 4.78 is 0.792. The quantitative estimate of drug-likeness (QED) is 0.353. The number of nitrogens with one attached hydrogen (secondary N) is 1. The topological polar surface area (TPSA) is 111 Å². The molecule has 1 N–H and O–H groups in total. The average molecular weight is 474 g/mol. The fraction of sp³-hybridized carbons (Fsp3) is 0.400. The first-order chi connectivity index (χ1) is 15.4. The van der Waals surface area contributed by atoms with Crippen LogP contribution in [0.15, 0.2) is 39.7 Å². The molecule has 10 nitrogen and oxygen atoms in total. The van der Waals surface area contributed by atoms with Crippen molar-refractivity contribution in [2.24, 2.45) is 4.99 Å². The number of aromatic nitrogens is 2. The highest BCUT2D eigenvalue weighted by molar-refractivity contribution is 8.01. The number of thioether (sulfide) groups is 1. The fourth-order valence-corrected chi connectivity index (χ4v) is 5.34. The van der Waals surface area contributed by atoms with Crippen LogP contribution < -0.4 is 5.32 Å². The Balaban J connectivity index is 1.25. The predicted molar refractivity (Wildman–Crippen MR) is 123 cm³/mol. The molecular weight excluding hydrogens is 450 g/mol. The lowest BCUT2D eigenvalue weighted by Gasteiger charge is -2.39. The number of nitrogens with zero attached hydrogens (tertiary/aromatic N) is 6. The minimum Gasteiger partial charge on any atom is -0.338 e. The molecule has 0 bridgehead atoms. The van der Waals surface area contributed by atoms with E-state index in [1.54, 1.807) is 23.7 Å². The van der Waals surface area contributed by atoms with Crippen molar-refractivity contribution in [2.45, 2.75) is 29.4 Å². The van der Waals surface area contributed by atoms with Gasteiger partial charge in [-0.15, -0.1) is 10.2 Å². The third-order valence-corrected chi connectivity index (χ3v) is 7.29. The van der Waals surface area contributed by atoms with Gasteiger partial charge in [0.1, 0.15) is 0 Å². The number of carbonyl (C=O) groups is 3. The summed E-state index contributed by atoms with van der Waals surface area (Å²) in [7, 11) is 3.01. The van der Waals surface area contributed by atoms with Crippen molar-refractivity contribution < 1.29 is 14.4 Å². The molecule has 2 atom stereocenters. The normalized spacial score (nSPS) is 20.1. The Morgan fingerprint density at radius 1 is 1.19 bits per heavy atom. The standard InChI is InChI=1S/C20H23N7O3S2/c1-25-16-15(17(29)26(2)20(25)30)27(12-21-16)11-14(28)22-18-23-24-19(32-18)31-10-6-9-13-7-4-3-5-8-13/h3-5,7-8,12,15-16H,6,9-11H2,1-2H3,(H,22,23,28). The van der Waals surface area contributed by atoms with E-state index in [4.69, 9.17) is 0 Å². The Morgan fingerprint density at radius 3 is 2.75 bits per heavy atom. The van der Waals surface area contributed by atoms with E-state index in [0.29, 0.717) is 5.13 Å². The molecule has 2 aromatic rings. The van der Waals surface area contributed by atoms with Crippen molar-refractivity contribution in [1.29, 1.82) is 0 Å². The first-order valence-electron chi connectivity index (χ1n) is 10.1. The van der Waals surface area contributed by atoms with Gasteiger partial charge in [0.05, 0.1) is 12.9 Å². The summed E-state index contributed by atoms with van der Waals surface area (Å²) in [5, 5.41) is 11.3. The van der Waals surface area contributed by atoms with Crippen LogP contribution in [0.1, 0.15) is 12.0 Å². The first-order valence-corrected chi connectivity index (χ1v) is 11.9. The number of benzene rings is 1. The van der Waals surface area contributed by atoms with E-state index in [1.807, 2.05) is 18.2 Å². The number of hydrogen-bond donors (Lipinski definition) is 1. The maximum absolute atomic E-state index is 12.5. The fourth-order valence-electron chi connectivity index (χ4n) is 3.57. The summed E-state index contributed by atoms with van der Waals surface area (Å²) in [5.74, 6) is 0.199. The van der Waals surface area contributed by atoms with Crippen LogP contribution in [0.2, 0.25) is 0 Å². The van der Waals surface area contributed by atoms with E-state index in [0.717, 1.165) is 27.8 Å². The molecular formula is C20H23N7O3S2. The molecule has 2 aliphatic rings. The van der Waals surface area contributed by atoms with Gasteiger partial charge in [-0.1, -0.05) is 53.4 Å². The molecule has 2 unspecified atom stereocenters. The minimum absolute atomic E-state index is 0.0780. The van der Waals surface area contributed by atoms with Crippen LogP contribution in [0.4, 0.5) is 9.93 Å². The van der Waals surface area contributed by atoms with Crippen molar-refractivity contribution in [3.8, 4) is 0 Å². The van der Waals surface area contributed by atoms with E-state index in [-0.39, 0.29) is 18.4 Å². The van der Waals surface area contributed by atoms with Crippen LogP contribution in [0.3, 0.4) is 0 Å². The summed E-state index contributed by atoms with van der Waals surface area (Å²) >= 11 is 2.93. The molecule has 1 saturated heterocycles. The molecule has 32 heavy (non-hydrogen) atoms. The number of imide groups is 1. The smallest absolute Gasteiger partial charge is 0.328 e. The lowest BCUT2D eigenvalue weighted by molar-refractivity contribution is -0.136. The summed E-state index contributed by atoms with van der Waals surface area (Å²) in [5.41, 5.74) is 1.31. The molecule has 1 aromatic carbocycles. The molecule has 0 spiro atoms. The highest BCUT2D eigenvalue weighted by Gasteiger charge is 2.48. The van der Waals surface area contributed by atoms with Crippen LogP contribution >= 0.6 is 23.1 Å². The number of amides is 4. The van der Waals surface area contributed by atoms with E-state index in [9.17, 15) is 14.4 Å². The molecule has 4 amide bonds. The van der Waals surface area contributed by atoms with Gasteiger partial charge in [0.15, 0.2) is 16.5 Å². The zero-order valence-corrected chi connectivity index (χ0v) is 19.3. The molecule has 168 valence electrons. The lowest BCUT2D eigenvalue weighted by atomic mass is 10.1. The summed E-state index contributed by atoms with van der Waals surface area (Å²) in [4.78, 5) is 45.3. The Morgan fingerprint density at radius 2 is 1.97 bits per heavy atom. The zero-order chi connectivity index (χ0) is 22.7. The maximum Gasteiger partial charge on any atom is 0.328 e. The Hall–Kier alpha value is -2.99. The maximum atomic E-state index is 12.5. The molecule has 3 heterocycles. The van der Waals surface area contributed by atoms with Crippen molar-refractivity contribution in [1.82, 2.24) is 24.9 Å². The largest absolute Gasteiger partial charge is 0.338 e. The average Bonchev–Trinajstić information content (AvgIpc) is 3.41. The SMILES string of the molecule is CN1C(=O)C2C(N=CN2CC(=O)Nc2nnc(SCCCc3ccccc3)s2)N(C)C1=O. The van der Waals surface area contributed by atoms with E-state index in [1.165, 1.54) is 35.2 Å². The Bertz CT molecular complexity index is 1030. The van der Waals surface area contributed by atoms with Crippen molar-refractivity contribution in [2.75, 3.05) is 31.7 Å². The van der Waals surface area contributed by atoms with E-state index in [2.05, 4.69) is 32.6 Å². The van der Waals surface area contributed by atoms with E-state index < -0.39 is 18.2 Å². The molecule has 1 fully saturated rings. The number of likely N-dealkylation sites (N-methyl/N-ethyl adjacent to an activating group) is 2. The monoisotopic (exact) mass is 473 g/mol. The van der Waals surface area contributed by atoms with Gasteiger partial charge in [-0.2, -0.15) is 0 Å². The summed E-state index contributed by atoms with van der Waals surface area (Å²) in [6, 6.07) is 9.19. The van der Waals surface area contributed by atoms with Crippen LogP contribution in [0.25, 0.3) is 0 Å². The van der Waals surface area contributed by atoms with Gasteiger partial charge in [-0.05, 0) is 18.4 Å². The number of anilines is 1. The third-order valence-electron chi connectivity index (χ3n) is 5.23. The molecule has 0 saturated carbocycles. The second kappa shape index (κ2) is 9.65. The van der Waals surface area contributed by atoms with Gasteiger partial charge in [0.25, 0.3) is 5.91 Å². The molecule has 0 aliphatic carbocycles. The highest BCUT2D eigenvalue weighted by atomic mass is 32.2. The zero-order valence-electron chi connectivity index (χ0n) is 17.7. The highest BCUT2D eigenvalue weighted by Crippen LogP contribution is 2.27. The van der Waals surface area contributed by atoms with Crippen LogP contribution in [-0.4, -0.2) is 87.7 Å². The number of aryl methyl sites for hydroxylation is 1. The molecule has 12 heteroatoms. The molecule has 0 radical (unpaired) electrons. The van der Waals surface area contributed by atoms with Gasteiger partial charge >= 0.3 is 6.03 Å². The third kappa shape index (κ3) is 4.75. The summed E-state index contributed by atoms with van der Waals surface area (Å²) in [6.07, 6.45) is 2.85. The van der Waals surface area contributed by atoms with E-state index >= 15 is 0 Å². The van der Waals surface area contributed by atoms with Gasteiger partial charge in [0, 0.05) is 19.8 Å². The first kappa shape index (κ1) is 22.2. The van der Waals surface area contributed by atoms with Gasteiger partial charge in [-0.25, -0.2) is 9.79 Å². The predicted octanol–water partition coefficient (Wildman–Crippen LogP) is 1.76. The molecule has 2 aliphatic heterocycles. The van der Waals surface area contributed by atoms with Crippen molar-refractivity contribution in [3.63, 3.8) is 0 Å². The summed E-state index contributed by atoms with van der Waals surface area (Å²) in [6.45, 7) is -0.0780. The number of urea groups is 1. The lowest BCUT2D eigenvalue weighted by Crippen LogP contribution is -2.64. The van der Waals surface area contributed by atoms with Gasteiger partial charge < -0.3 is 9.80 Å². The van der Waals surface area contributed by atoms with Crippen LogP contribution in [-0.2, 0) is 16.0 Å². The molecule has 1 aromatic heterocycles.